The van der Waals surface area contributed by atoms with Crippen LogP contribution in [0.4, 0.5) is 11.4 Å². The number of carbonyl (C=O) groups excluding carboxylic acids is 1. The Balaban J connectivity index is 1.35. The Labute approximate surface area is 204 Å². The fourth-order valence-electron chi connectivity index (χ4n) is 3.80. The Morgan fingerprint density at radius 1 is 1.09 bits per heavy atom. The SMILES string of the molecule is Cc1ccc(-c2ccc(/C=C/C(=O)NC(=S)Nc3ccccc3N3CCCCC3)o2)cc1Cl. The zero-order chi connectivity index (χ0) is 23.2. The van der Waals surface area contributed by atoms with Crippen LogP contribution in [0.5, 0.6) is 0 Å². The molecule has 1 aliphatic heterocycles. The summed E-state index contributed by atoms with van der Waals surface area (Å²) in [5.74, 6) is 0.911. The molecule has 4 rings (SSSR count). The van der Waals surface area contributed by atoms with Crippen molar-refractivity contribution in [3.63, 3.8) is 0 Å². The van der Waals surface area contributed by atoms with E-state index < -0.39 is 0 Å². The van der Waals surface area contributed by atoms with Crippen molar-refractivity contribution in [2.75, 3.05) is 23.3 Å². The number of hydrogen-bond acceptors (Lipinski definition) is 4. The van der Waals surface area contributed by atoms with Gasteiger partial charge in [0.2, 0.25) is 5.91 Å². The Bertz CT molecular complexity index is 1180. The van der Waals surface area contributed by atoms with Gasteiger partial charge < -0.3 is 14.6 Å². The van der Waals surface area contributed by atoms with Crippen LogP contribution in [0.25, 0.3) is 17.4 Å². The van der Waals surface area contributed by atoms with Crippen LogP contribution in [0.2, 0.25) is 5.02 Å². The Hall–Kier alpha value is -3.09. The number of amides is 1. The van der Waals surface area contributed by atoms with Crippen LogP contribution < -0.4 is 15.5 Å². The van der Waals surface area contributed by atoms with E-state index in [1.54, 1.807) is 12.1 Å². The molecule has 2 aromatic carbocycles. The summed E-state index contributed by atoms with van der Waals surface area (Å²) >= 11 is 11.6. The molecular formula is C26H26ClN3O2S. The number of halogens is 1. The molecule has 2 heterocycles. The quantitative estimate of drug-likeness (QED) is 0.326. The number of furan rings is 1. The smallest absolute Gasteiger partial charge is 0.250 e. The van der Waals surface area contributed by atoms with E-state index in [0.29, 0.717) is 16.5 Å². The number of nitrogens with one attached hydrogen (secondary N) is 2. The van der Waals surface area contributed by atoms with Crippen molar-refractivity contribution in [2.45, 2.75) is 26.2 Å². The number of para-hydroxylation sites is 2. The first-order chi connectivity index (χ1) is 16.0. The maximum Gasteiger partial charge on any atom is 0.250 e. The average Bonchev–Trinajstić information content (AvgIpc) is 3.29. The minimum absolute atomic E-state index is 0.253. The van der Waals surface area contributed by atoms with Crippen molar-refractivity contribution < 1.29 is 9.21 Å². The van der Waals surface area contributed by atoms with E-state index in [1.807, 2.05) is 49.4 Å². The molecule has 0 atom stereocenters. The van der Waals surface area contributed by atoms with E-state index in [-0.39, 0.29) is 11.0 Å². The van der Waals surface area contributed by atoms with Crippen LogP contribution in [0.3, 0.4) is 0 Å². The predicted octanol–water partition coefficient (Wildman–Crippen LogP) is 6.43. The number of nitrogens with zero attached hydrogens (tertiary/aromatic N) is 1. The highest BCUT2D eigenvalue weighted by Gasteiger charge is 2.15. The topological polar surface area (TPSA) is 57.5 Å². The average molecular weight is 480 g/mol. The fraction of sp³-hybridized carbons (Fsp3) is 0.231. The minimum Gasteiger partial charge on any atom is -0.457 e. The maximum absolute atomic E-state index is 12.4. The number of thiocarbonyl (C=S) groups is 1. The molecule has 2 N–H and O–H groups in total. The molecule has 1 aromatic heterocycles. The maximum atomic E-state index is 12.4. The zero-order valence-corrected chi connectivity index (χ0v) is 20.0. The van der Waals surface area contributed by atoms with E-state index in [9.17, 15) is 4.79 Å². The van der Waals surface area contributed by atoms with Crippen molar-refractivity contribution in [1.29, 1.82) is 0 Å². The van der Waals surface area contributed by atoms with Gasteiger partial charge in [-0.3, -0.25) is 10.1 Å². The monoisotopic (exact) mass is 479 g/mol. The lowest BCUT2D eigenvalue weighted by atomic mass is 10.1. The number of rotatable bonds is 5. The van der Waals surface area contributed by atoms with Crippen LogP contribution in [0, 0.1) is 6.92 Å². The third-order valence-electron chi connectivity index (χ3n) is 5.57. The molecule has 0 unspecified atom stereocenters. The molecule has 7 heteroatoms. The fourth-order valence-corrected chi connectivity index (χ4v) is 4.19. The second-order valence-corrected chi connectivity index (χ2v) is 8.82. The summed E-state index contributed by atoms with van der Waals surface area (Å²) in [4.78, 5) is 14.7. The molecule has 0 spiro atoms. The van der Waals surface area contributed by atoms with Crippen LogP contribution in [0.1, 0.15) is 30.6 Å². The van der Waals surface area contributed by atoms with Gasteiger partial charge in [0.25, 0.3) is 0 Å². The van der Waals surface area contributed by atoms with Gasteiger partial charge in [-0.2, -0.15) is 0 Å². The highest BCUT2D eigenvalue weighted by molar-refractivity contribution is 7.80. The van der Waals surface area contributed by atoms with Gasteiger partial charge in [-0.1, -0.05) is 35.9 Å². The lowest BCUT2D eigenvalue weighted by Gasteiger charge is -2.30. The highest BCUT2D eigenvalue weighted by Crippen LogP contribution is 2.29. The first kappa shape index (κ1) is 23.1. The van der Waals surface area contributed by atoms with Crippen LogP contribution >= 0.6 is 23.8 Å². The molecule has 1 saturated heterocycles. The molecule has 170 valence electrons. The summed E-state index contributed by atoms with van der Waals surface area (Å²) in [6.45, 7) is 4.01. The number of piperidine rings is 1. The van der Waals surface area contributed by atoms with Crippen molar-refractivity contribution >= 4 is 52.3 Å². The minimum atomic E-state index is -0.334. The molecule has 0 aliphatic carbocycles. The lowest BCUT2D eigenvalue weighted by Crippen LogP contribution is -2.34. The van der Waals surface area contributed by atoms with Gasteiger partial charge in [0.05, 0.1) is 11.4 Å². The molecule has 1 amide bonds. The molecular weight excluding hydrogens is 454 g/mol. The van der Waals surface area contributed by atoms with Gasteiger partial charge in [-0.15, -0.1) is 0 Å². The first-order valence-corrected chi connectivity index (χ1v) is 11.8. The van der Waals surface area contributed by atoms with E-state index in [2.05, 4.69) is 21.6 Å². The number of aryl methyl sites for hydroxylation is 1. The summed E-state index contributed by atoms with van der Waals surface area (Å²) in [6, 6.07) is 17.4. The molecule has 0 radical (unpaired) electrons. The van der Waals surface area contributed by atoms with Crippen LogP contribution in [-0.4, -0.2) is 24.1 Å². The Morgan fingerprint density at radius 2 is 1.88 bits per heavy atom. The van der Waals surface area contributed by atoms with Crippen molar-refractivity contribution in [1.82, 2.24) is 5.32 Å². The summed E-state index contributed by atoms with van der Waals surface area (Å²) < 4.78 is 5.82. The van der Waals surface area contributed by atoms with E-state index in [0.717, 1.165) is 35.6 Å². The van der Waals surface area contributed by atoms with Gasteiger partial charge in [-0.25, -0.2) is 0 Å². The second-order valence-electron chi connectivity index (χ2n) is 8.01. The third-order valence-corrected chi connectivity index (χ3v) is 6.18. The molecule has 33 heavy (non-hydrogen) atoms. The molecule has 5 nitrogen and oxygen atoms in total. The van der Waals surface area contributed by atoms with Gasteiger partial charge in [-0.05, 0) is 80.4 Å². The second kappa shape index (κ2) is 10.7. The summed E-state index contributed by atoms with van der Waals surface area (Å²) in [7, 11) is 0. The van der Waals surface area contributed by atoms with Crippen molar-refractivity contribution in [3.05, 3.63) is 77.0 Å². The van der Waals surface area contributed by atoms with Crippen LogP contribution in [-0.2, 0) is 4.79 Å². The normalized spacial score (nSPS) is 13.8. The van der Waals surface area contributed by atoms with E-state index in [4.69, 9.17) is 28.2 Å². The highest BCUT2D eigenvalue weighted by atomic mass is 35.5. The summed E-state index contributed by atoms with van der Waals surface area (Å²) in [5, 5.41) is 6.80. The molecule has 0 bridgehead atoms. The van der Waals surface area contributed by atoms with Gasteiger partial charge in [0, 0.05) is 29.8 Å². The van der Waals surface area contributed by atoms with E-state index >= 15 is 0 Å². The van der Waals surface area contributed by atoms with Crippen molar-refractivity contribution in [2.24, 2.45) is 0 Å². The molecule has 1 fully saturated rings. The summed E-state index contributed by atoms with van der Waals surface area (Å²) in [6.07, 6.45) is 6.65. The van der Waals surface area contributed by atoms with Gasteiger partial charge in [0.15, 0.2) is 5.11 Å². The summed E-state index contributed by atoms with van der Waals surface area (Å²) in [5.41, 5.74) is 3.88. The number of hydrogen-bond donors (Lipinski definition) is 2. The van der Waals surface area contributed by atoms with Crippen LogP contribution in [0.15, 0.2) is 65.1 Å². The molecule has 0 saturated carbocycles. The predicted molar refractivity (Wildman–Crippen MR) is 140 cm³/mol. The number of carbonyl (C=O) groups is 1. The molecule has 1 aliphatic rings. The molecule has 3 aromatic rings. The zero-order valence-electron chi connectivity index (χ0n) is 18.4. The standard InChI is InChI=1S/C26H26ClN3O2S/c1-18-9-10-19(17-21(18)27)24-13-11-20(32-24)12-14-25(31)29-26(33)28-22-7-3-4-8-23(22)30-15-5-2-6-16-30/h3-4,7-14,17H,2,5-6,15-16H2,1H3,(H2,28,29,31,33)/b14-12+. The van der Waals surface area contributed by atoms with Gasteiger partial charge in [0.1, 0.15) is 11.5 Å². The van der Waals surface area contributed by atoms with Gasteiger partial charge >= 0.3 is 0 Å². The lowest BCUT2D eigenvalue weighted by molar-refractivity contribution is -0.115. The Morgan fingerprint density at radius 3 is 2.67 bits per heavy atom. The number of benzene rings is 2. The largest absolute Gasteiger partial charge is 0.457 e. The first-order valence-electron chi connectivity index (χ1n) is 11.0. The Kier molecular flexibility index (Phi) is 7.47. The number of anilines is 2. The van der Waals surface area contributed by atoms with Crippen molar-refractivity contribution in [3.8, 4) is 11.3 Å². The van der Waals surface area contributed by atoms with E-state index in [1.165, 1.54) is 25.3 Å². The third kappa shape index (κ3) is 6.03.